The number of aromatic nitrogens is 1. The number of nitrogens with zero attached hydrogens (tertiary/aromatic N) is 1. The zero-order valence-electron chi connectivity index (χ0n) is 16.5. The zero-order valence-corrected chi connectivity index (χ0v) is 17.3. The lowest BCUT2D eigenvalue weighted by molar-refractivity contribution is 0.102. The van der Waals surface area contributed by atoms with E-state index in [1.165, 1.54) is 0 Å². The van der Waals surface area contributed by atoms with Gasteiger partial charge in [0.1, 0.15) is 16.5 Å². The van der Waals surface area contributed by atoms with Crippen molar-refractivity contribution in [2.45, 2.75) is 0 Å². The van der Waals surface area contributed by atoms with Gasteiger partial charge >= 0.3 is 0 Å². The molecule has 0 saturated heterocycles. The highest BCUT2D eigenvalue weighted by Gasteiger charge is 2.14. The number of rotatable bonds is 5. The second-order valence-electron chi connectivity index (χ2n) is 6.93. The number of anilines is 1. The van der Waals surface area contributed by atoms with Crippen molar-refractivity contribution >= 4 is 33.1 Å². The molecule has 0 spiro atoms. The molecule has 150 valence electrons. The van der Waals surface area contributed by atoms with Gasteiger partial charge in [-0.1, -0.05) is 54.6 Å². The molecule has 1 N–H and O–H groups in total. The Morgan fingerprint density at radius 2 is 1.58 bits per heavy atom. The van der Waals surface area contributed by atoms with Gasteiger partial charge in [0.25, 0.3) is 5.91 Å². The van der Waals surface area contributed by atoms with E-state index in [4.69, 9.17) is 9.72 Å². The standard InChI is InChI=1S/C26H18N2O2S/c29-25(21-13-4-6-15-23(21)30-20-11-2-1-3-12-20)27-19-10-8-9-18(17-19)26-28-22-14-5-7-16-24(22)31-26/h1-17H,(H,27,29). The molecule has 4 aromatic carbocycles. The van der Waals surface area contributed by atoms with Crippen LogP contribution in [-0.4, -0.2) is 10.9 Å². The summed E-state index contributed by atoms with van der Waals surface area (Å²) in [6.07, 6.45) is 0. The van der Waals surface area contributed by atoms with E-state index in [0.717, 1.165) is 20.8 Å². The van der Waals surface area contributed by atoms with Crippen molar-refractivity contribution in [3.63, 3.8) is 0 Å². The summed E-state index contributed by atoms with van der Waals surface area (Å²) >= 11 is 1.63. The van der Waals surface area contributed by atoms with Gasteiger partial charge in [-0.05, 0) is 48.5 Å². The van der Waals surface area contributed by atoms with Gasteiger partial charge in [0.15, 0.2) is 0 Å². The van der Waals surface area contributed by atoms with E-state index in [0.29, 0.717) is 22.7 Å². The van der Waals surface area contributed by atoms with Gasteiger partial charge in [-0.3, -0.25) is 4.79 Å². The number of ether oxygens (including phenoxy) is 1. The topological polar surface area (TPSA) is 51.2 Å². The molecule has 5 rings (SSSR count). The molecule has 5 aromatic rings. The van der Waals surface area contributed by atoms with Gasteiger partial charge in [-0.15, -0.1) is 11.3 Å². The Hall–Kier alpha value is -3.96. The van der Waals surface area contributed by atoms with Crippen LogP contribution >= 0.6 is 11.3 Å². The molecule has 0 fully saturated rings. The fraction of sp³-hybridized carbons (Fsp3) is 0. The third kappa shape index (κ3) is 4.17. The molecule has 4 nitrogen and oxygen atoms in total. The predicted octanol–water partition coefficient (Wildman–Crippen LogP) is 7.01. The number of nitrogens with one attached hydrogen (secondary N) is 1. The molecule has 31 heavy (non-hydrogen) atoms. The molecule has 1 heterocycles. The van der Waals surface area contributed by atoms with E-state index in [1.807, 2.05) is 84.9 Å². The Kier molecular flexibility index (Phi) is 5.17. The second kappa shape index (κ2) is 8.42. The molecule has 0 bridgehead atoms. The van der Waals surface area contributed by atoms with Crippen LogP contribution in [0.3, 0.4) is 0 Å². The molecule has 1 amide bonds. The highest BCUT2D eigenvalue weighted by atomic mass is 32.1. The molecule has 0 saturated carbocycles. The Balaban J connectivity index is 1.39. The van der Waals surface area contributed by atoms with Crippen LogP contribution < -0.4 is 10.1 Å². The van der Waals surface area contributed by atoms with Crippen LogP contribution in [0.2, 0.25) is 0 Å². The number of carbonyl (C=O) groups is 1. The van der Waals surface area contributed by atoms with Gasteiger partial charge in [0.2, 0.25) is 0 Å². The van der Waals surface area contributed by atoms with Crippen molar-refractivity contribution in [2.24, 2.45) is 0 Å². The summed E-state index contributed by atoms with van der Waals surface area (Å²) in [7, 11) is 0. The first-order chi connectivity index (χ1) is 15.3. The maximum Gasteiger partial charge on any atom is 0.259 e. The quantitative estimate of drug-likeness (QED) is 0.331. The molecule has 0 unspecified atom stereocenters. The Morgan fingerprint density at radius 1 is 0.806 bits per heavy atom. The number of amides is 1. The lowest BCUT2D eigenvalue weighted by Gasteiger charge is -2.12. The van der Waals surface area contributed by atoms with Crippen LogP contribution in [0, 0.1) is 0 Å². The minimum atomic E-state index is -0.229. The normalized spacial score (nSPS) is 10.7. The van der Waals surface area contributed by atoms with E-state index in [1.54, 1.807) is 23.5 Å². The van der Waals surface area contributed by atoms with Gasteiger partial charge in [0.05, 0.1) is 15.8 Å². The average Bonchev–Trinajstić information content (AvgIpc) is 3.25. The van der Waals surface area contributed by atoms with Crippen LogP contribution in [0.5, 0.6) is 11.5 Å². The minimum Gasteiger partial charge on any atom is -0.457 e. The molecule has 0 radical (unpaired) electrons. The lowest BCUT2D eigenvalue weighted by atomic mass is 10.1. The van der Waals surface area contributed by atoms with Gasteiger partial charge < -0.3 is 10.1 Å². The summed E-state index contributed by atoms with van der Waals surface area (Å²) < 4.78 is 7.06. The molecule has 0 atom stereocenters. The van der Waals surface area contributed by atoms with E-state index in [2.05, 4.69) is 11.4 Å². The summed E-state index contributed by atoms with van der Waals surface area (Å²) in [4.78, 5) is 17.7. The largest absolute Gasteiger partial charge is 0.457 e. The number of hydrogen-bond donors (Lipinski definition) is 1. The molecular formula is C26H18N2O2S. The molecule has 5 heteroatoms. The number of para-hydroxylation sites is 3. The molecular weight excluding hydrogens is 404 g/mol. The first kappa shape index (κ1) is 19.0. The molecule has 0 aliphatic rings. The average molecular weight is 423 g/mol. The first-order valence-electron chi connectivity index (χ1n) is 9.85. The zero-order chi connectivity index (χ0) is 21.0. The summed E-state index contributed by atoms with van der Waals surface area (Å²) in [6, 6.07) is 32.4. The third-order valence-corrected chi connectivity index (χ3v) is 5.85. The fourth-order valence-corrected chi connectivity index (χ4v) is 4.24. The summed E-state index contributed by atoms with van der Waals surface area (Å²) in [5.41, 5.74) is 3.12. The summed E-state index contributed by atoms with van der Waals surface area (Å²) in [6.45, 7) is 0. The van der Waals surface area contributed by atoms with Crippen LogP contribution in [0.15, 0.2) is 103 Å². The van der Waals surface area contributed by atoms with E-state index in [-0.39, 0.29) is 5.91 Å². The smallest absolute Gasteiger partial charge is 0.259 e. The Bertz CT molecular complexity index is 1330. The van der Waals surface area contributed by atoms with E-state index in [9.17, 15) is 4.79 Å². The molecule has 1 aromatic heterocycles. The highest BCUT2D eigenvalue weighted by molar-refractivity contribution is 7.21. The van der Waals surface area contributed by atoms with E-state index >= 15 is 0 Å². The summed E-state index contributed by atoms with van der Waals surface area (Å²) in [5.74, 6) is 0.960. The van der Waals surface area contributed by atoms with Crippen molar-refractivity contribution in [1.82, 2.24) is 4.98 Å². The predicted molar refractivity (Wildman–Crippen MR) is 126 cm³/mol. The number of hydrogen-bond acceptors (Lipinski definition) is 4. The van der Waals surface area contributed by atoms with Crippen molar-refractivity contribution in [3.05, 3.63) is 109 Å². The van der Waals surface area contributed by atoms with Gasteiger partial charge in [-0.2, -0.15) is 0 Å². The van der Waals surface area contributed by atoms with Crippen LogP contribution in [0.25, 0.3) is 20.8 Å². The highest BCUT2D eigenvalue weighted by Crippen LogP contribution is 2.32. The molecule has 0 aliphatic carbocycles. The van der Waals surface area contributed by atoms with Crippen LogP contribution in [-0.2, 0) is 0 Å². The maximum absolute atomic E-state index is 13.0. The maximum atomic E-state index is 13.0. The number of thiazole rings is 1. The van der Waals surface area contributed by atoms with Gasteiger partial charge in [0, 0.05) is 11.3 Å². The first-order valence-corrected chi connectivity index (χ1v) is 10.7. The second-order valence-corrected chi connectivity index (χ2v) is 7.96. The monoisotopic (exact) mass is 422 g/mol. The van der Waals surface area contributed by atoms with E-state index < -0.39 is 0 Å². The third-order valence-electron chi connectivity index (χ3n) is 4.76. The SMILES string of the molecule is O=C(Nc1cccc(-c2nc3ccccc3s2)c1)c1ccccc1Oc1ccccc1. The lowest BCUT2D eigenvalue weighted by Crippen LogP contribution is -2.13. The van der Waals surface area contributed by atoms with Crippen molar-refractivity contribution in [3.8, 4) is 22.1 Å². The van der Waals surface area contributed by atoms with Crippen molar-refractivity contribution in [1.29, 1.82) is 0 Å². The van der Waals surface area contributed by atoms with Crippen LogP contribution in [0.1, 0.15) is 10.4 Å². The minimum absolute atomic E-state index is 0.229. The Morgan fingerprint density at radius 3 is 2.45 bits per heavy atom. The van der Waals surface area contributed by atoms with Gasteiger partial charge in [-0.25, -0.2) is 4.98 Å². The van der Waals surface area contributed by atoms with Crippen LogP contribution in [0.4, 0.5) is 5.69 Å². The molecule has 0 aliphatic heterocycles. The fourth-order valence-electron chi connectivity index (χ4n) is 3.28. The van der Waals surface area contributed by atoms with Crippen molar-refractivity contribution < 1.29 is 9.53 Å². The number of carbonyl (C=O) groups excluding carboxylic acids is 1. The number of fused-ring (bicyclic) bond motifs is 1. The summed E-state index contributed by atoms with van der Waals surface area (Å²) in [5, 5.41) is 3.91. The number of benzene rings is 4. The Labute approximate surface area is 183 Å². The van der Waals surface area contributed by atoms with Crippen molar-refractivity contribution in [2.75, 3.05) is 5.32 Å².